The molecule has 10 nitrogen and oxygen atoms in total. The molecule has 10 heteroatoms. The highest BCUT2D eigenvalue weighted by Gasteiger charge is 2.20. The molecule has 0 spiro atoms. The summed E-state index contributed by atoms with van der Waals surface area (Å²) in [5.74, 6) is 0.491. The number of aryl methyl sites for hydroxylation is 1. The zero-order chi connectivity index (χ0) is 22.1. The normalized spacial score (nSPS) is 15.9. The largest absolute Gasteiger partial charge is 0.478 e. The maximum absolute atomic E-state index is 11.8. The summed E-state index contributed by atoms with van der Waals surface area (Å²) in [4.78, 5) is 22.2. The van der Waals surface area contributed by atoms with E-state index in [2.05, 4.69) is 14.9 Å². The van der Waals surface area contributed by atoms with E-state index in [1.807, 2.05) is 31.6 Å². The maximum Gasteiger partial charge on any atom is 0.434 e. The molecule has 1 saturated heterocycles. The lowest BCUT2D eigenvalue weighted by atomic mass is 10.2. The van der Waals surface area contributed by atoms with Crippen LogP contribution in [-0.4, -0.2) is 96.4 Å². The smallest absolute Gasteiger partial charge is 0.434 e. The number of nitrogen functional groups attached to an aromatic ring is 1. The minimum atomic E-state index is -0.521. The lowest BCUT2D eigenvalue weighted by Crippen LogP contribution is -2.47. The van der Waals surface area contributed by atoms with Gasteiger partial charge in [0, 0.05) is 46.3 Å². The Bertz CT molecular complexity index is 652. The van der Waals surface area contributed by atoms with E-state index in [-0.39, 0.29) is 0 Å². The number of rotatable bonds is 10. The fourth-order valence-corrected chi connectivity index (χ4v) is 3.25. The molecule has 0 bridgehead atoms. The van der Waals surface area contributed by atoms with E-state index < -0.39 is 11.7 Å². The number of nitrogens with two attached hydrogens (primary N) is 1. The Hall–Kier alpha value is -2.04. The van der Waals surface area contributed by atoms with Crippen molar-refractivity contribution in [1.29, 1.82) is 0 Å². The van der Waals surface area contributed by atoms with Crippen LogP contribution >= 0.6 is 0 Å². The number of methoxy groups -OCH3 is 1. The summed E-state index contributed by atoms with van der Waals surface area (Å²) in [6.07, 6.45) is 3.25. The molecule has 0 unspecified atom stereocenters. The number of nitrogens with zero attached hydrogens (tertiary/aromatic N) is 5. The minimum absolute atomic E-state index is 0.465. The zero-order valence-electron chi connectivity index (χ0n) is 19.1. The summed E-state index contributed by atoms with van der Waals surface area (Å²) in [5, 5.41) is 5.48. The van der Waals surface area contributed by atoms with Gasteiger partial charge in [-0.1, -0.05) is 0 Å². The Morgan fingerprint density at radius 1 is 1.13 bits per heavy atom. The second kappa shape index (κ2) is 11.4. The summed E-state index contributed by atoms with van der Waals surface area (Å²) in [6.45, 7) is 13.0. The van der Waals surface area contributed by atoms with E-state index >= 15 is 0 Å². The number of hydrogen-bond acceptors (Lipinski definition) is 8. The SMILES string of the molecule is COc1nn(CCCN2CCN(CCCON(C)C(=O)OC(C)(C)C)CC2)cc1N. The molecule has 1 aliphatic rings. The topological polar surface area (TPSA) is 98.3 Å². The number of amides is 1. The Labute approximate surface area is 179 Å². The van der Waals surface area contributed by atoms with Gasteiger partial charge in [-0.15, -0.1) is 5.10 Å². The van der Waals surface area contributed by atoms with E-state index in [1.165, 1.54) is 5.06 Å². The first-order chi connectivity index (χ1) is 14.2. The second-order valence-electron chi connectivity index (χ2n) is 8.56. The van der Waals surface area contributed by atoms with Gasteiger partial charge in [-0.2, -0.15) is 5.06 Å². The van der Waals surface area contributed by atoms with Crippen LogP contribution in [0.25, 0.3) is 0 Å². The molecule has 0 atom stereocenters. The highest BCUT2D eigenvalue weighted by molar-refractivity contribution is 5.66. The van der Waals surface area contributed by atoms with Crippen molar-refractivity contribution in [2.75, 3.05) is 65.8 Å². The Morgan fingerprint density at radius 3 is 2.27 bits per heavy atom. The van der Waals surface area contributed by atoms with Gasteiger partial charge in [-0.05, 0) is 40.2 Å². The standard InChI is InChI=1S/C20H38N6O4/c1-20(2,3)30-19(27)23(4)29-15-7-9-25-13-11-24(12-14-25)8-6-10-26-16-17(21)18(22-26)28-5/h16H,6-15,21H2,1-5H3. The van der Waals surface area contributed by atoms with E-state index in [9.17, 15) is 4.79 Å². The molecular weight excluding hydrogens is 388 g/mol. The first-order valence-corrected chi connectivity index (χ1v) is 10.6. The highest BCUT2D eigenvalue weighted by Crippen LogP contribution is 2.17. The van der Waals surface area contributed by atoms with E-state index in [0.29, 0.717) is 18.2 Å². The predicted octanol–water partition coefficient (Wildman–Crippen LogP) is 1.67. The van der Waals surface area contributed by atoms with Crippen molar-refractivity contribution in [2.24, 2.45) is 0 Å². The molecule has 0 aliphatic carbocycles. The Kier molecular flexibility index (Phi) is 9.19. The maximum atomic E-state index is 11.8. The van der Waals surface area contributed by atoms with Crippen LogP contribution in [0, 0.1) is 0 Å². The molecule has 0 aromatic carbocycles. The van der Waals surface area contributed by atoms with Gasteiger partial charge in [0.05, 0.1) is 19.9 Å². The number of ether oxygens (including phenoxy) is 2. The molecule has 0 radical (unpaired) electrons. The van der Waals surface area contributed by atoms with Crippen LogP contribution < -0.4 is 10.5 Å². The minimum Gasteiger partial charge on any atom is -0.478 e. The predicted molar refractivity (Wildman–Crippen MR) is 115 cm³/mol. The lowest BCUT2D eigenvalue weighted by molar-refractivity contribution is -0.132. The lowest BCUT2D eigenvalue weighted by Gasteiger charge is -2.34. The molecular formula is C20H38N6O4. The van der Waals surface area contributed by atoms with Gasteiger partial charge in [0.15, 0.2) is 0 Å². The van der Waals surface area contributed by atoms with Crippen molar-refractivity contribution in [2.45, 2.75) is 45.8 Å². The van der Waals surface area contributed by atoms with Crippen molar-refractivity contribution >= 4 is 11.8 Å². The summed E-state index contributed by atoms with van der Waals surface area (Å²) in [5.41, 5.74) is 5.88. The number of aromatic nitrogens is 2. The first kappa shape index (κ1) is 24.2. The molecule has 1 aliphatic heterocycles. The van der Waals surface area contributed by atoms with Crippen molar-refractivity contribution in [3.8, 4) is 5.88 Å². The van der Waals surface area contributed by atoms with Gasteiger partial charge in [0.25, 0.3) is 5.88 Å². The second-order valence-corrected chi connectivity index (χ2v) is 8.56. The molecule has 0 saturated carbocycles. The molecule has 30 heavy (non-hydrogen) atoms. The fraction of sp³-hybridized carbons (Fsp3) is 0.800. The average Bonchev–Trinajstić information content (AvgIpc) is 3.04. The van der Waals surface area contributed by atoms with Crippen LogP contribution in [0.2, 0.25) is 0 Å². The van der Waals surface area contributed by atoms with Crippen LogP contribution in [0.5, 0.6) is 5.88 Å². The number of carbonyl (C=O) groups is 1. The van der Waals surface area contributed by atoms with Gasteiger partial charge in [0.2, 0.25) is 0 Å². The van der Waals surface area contributed by atoms with Crippen LogP contribution in [0.3, 0.4) is 0 Å². The Morgan fingerprint density at radius 2 is 1.73 bits per heavy atom. The third-order valence-electron chi connectivity index (χ3n) is 4.83. The molecule has 2 heterocycles. The van der Waals surface area contributed by atoms with Crippen molar-refractivity contribution in [3.05, 3.63) is 6.20 Å². The van der Waals surface area contributed by atoms with Crippen LogP contribution in [0.15, 0.2) is 6.20 Å². The van der Waals surface area contributed by atoms with Crippen LogP contribution in [0.1, 0.15) is 33.6 Å². The summed E-state index contributed by atoms with van der Waals surface area (Å²) in [7, 11) is 3.16. The van der Waals surface area contributed by atoms with Gasteiger partial charge in [-0.3, -0.25) is 9.52 Å². The molecule has 2 N–H and O–H groups in total. The highest BCUT2D eigenvalue weighted by atomic mass is 16.7. The summed E-state index contributed by atoms with van der Waals surface area (Å²) >= 11 is 0. The number of hydroxylamine groups is 2. The summed E-state index contributed by atoms with van der Waals surface area (Å²) in [6, 6.07) is 0. The van der Waals surface area contributed by atoms with Gasteiger partial charge in [0.1, 0.15) is 11.3 Å². The number of anilines is 1. The Balaban J connectivity index is 1.54. The van der Waals surface area contributed by atoms with Gasteiger partial charge in [-0.25, -0.2) is 4.79 Å². The van der Waals surface area contributed by atoms with E-state index in [1.54, 1.807) is 14.2 Å². The molecule has 2 rings (SSSR count). The van der Waals surface area contributed by atoms with Crippen molar-refractivity contribution in [1.82, 2.24) is 24.6 Å². The fourth-order valence-electron chi connectivity index (χ4n) is 3.25. The monoisotopic (exact) mass is 426 g/mol. The van der Waals surface area contributed by atoms with Crippen molar-refractivity contribution < 1.29 is 19.1 Å². The average molecular weight is 427 g/mol. The van der Waals surface area contributed by atoms with E-state index in [4.69, 9.17) is 20.0 Å². The van der Waals surface area contributed by atoms with E-state index in [0.717, 1.165) is 58.7 Å². The zero-order valence-corrected chi connectivity index (χ0v) is 19.1. The third kappa shape index (κ3) is 8.37. The molecule has 1 aromatic rings. The molecule has 1 amide bonds. The summed E-state index contributed by atoms with van der Waals surface area (Å²) < 4.78 is 12.2. The number of hydrogen-bond donors (Lipinski definition) is 1. The number of piperazine rings is 1. The third-order valence-corrected chi connectivity index (χ3v) is 4.83. The molecule has 1 aromatic heterocycles. The number of carbonyl (C=O) groups excluding carboxylic acids is 1. The van der Waals surface area contributed by atoms with Crippen LogP contribution in [-0.2, 0) is 16.1 Å². The van der Waals surface area contributed by atoms with Gasteiger partial charge < -0.3 is 25.0 Å². The van der Waals surface area contributed by atoms with Gasteiger partial charge >= 0.3 is 6.09 Å². The van der Waals surface area contributed by atoms with Crippen molar-refractivity contribution in [3.63, 3.8) is 0 Å². The van der Waals surface area contributed by atoms with Crippen LogP contribution in [0.4, 0.5) is 10.5 Å². The molecule has 1 fully saturated rings. The first-order valence-electron chi connectivity index (χ1n) is 10.6. The molecule has 172 valence electrons. The quantitative estimate of drug-likeness (QED) is 0.446.